The van der Waals surface area contributed by atoms with Gasteiger partial charge in [0.25, 0.3) is 0 Å². The Labute approximate surface area is 110 Å². The number of hydrogen-bond acceptors (Lipinski definition) is 2. The van der Waals surface area contributed by atoms with Gasteiger partial charge in [0.1, 0.15) is 0 Å². The number of aryl methyl sites for hydroxylation is 1. The zero-order chi connectivity index (χ0) is 13.7. The molecular formula is C15H15F2NO. The van der Waals surface area contributed by atoms with Crippen molar-refractivity contribution in [1.29, 1.82) is 0 Å². The second-order valence-corrected chi connectivity index (χ2v) is 4.25. The van der Waals surface area contributed by atoms with E-state index in [9.17, 15) is 8.78 Å². The molecule has 0 unspecified atom stereocenters. The number of ether oxygens (including phenoxy) is 1. The highest BCUT2D eigenvalue weighted by atomic mass is 19.2. The van der Waals surface area contributed by atoms with Gasteiger partial charge in [-0.3, -0.25) is 0 Å². The van der Waals surface area contributed by atoms with E-state index in [0.717, 1.165) is 30.2 Å². The maximum atomic E-state index is 13.3. The lowest BCUT2D eigenvalue weighted by Crippen LogP contribution is -2.02. The maximum absolute atomic E-state index is 13.3. The molecule has 0 amide bonds. The average Bonchev–Trinajstić information content (AvgIpc) is 2.41. The first kappa shape index (κ1) is 13.3. The molecule has 0 atom stereocenters. The largest absolute Gasteiger partial charge is 0.490 e. The summed E-state index contributed by atoms with van der Waals surface area (Å²) in [5.74, 6) is -1.87. The molecule has 0 aromatic heterocycles. The highest BCUT2D eigenvalue weighted by Gasteiger charge is 2.07. The Morgan fingerprint density at radius 3 is 2.47 bits per heavy atom. The van der Waals surface area contributed by atoms with E-state index in [-0.39, 0.29) is 5.75 Å². The maximum Gasteiger partial charge on any atom is 0.200 e. The zero-order valence-corrected chi connectivity index (χ0v) is 10.4. The number of nitrogens with two attached hydrogens (primary N) is 1. The van der Waals surface area contributed by atoms with Crippen molar-refractivity contribution in [2.24, 2.45) is 0 Å². The van der Waals surface area contributed by atoms with Crippen LogP contribution >= 0.6 is 0 Å². The van der Waals surface area contributed by atoms with Crippen molar-refractivity contribution in [3.63, 3.8) is 0 Å². The van der Waals surface area contributed by atoms with E-state index in [2.05, 4.69) is 0 Å². The Hall–Kier alpha value is -2.10. The van der Waals surface area contributed by atoms with E-state index in [1.807, 2.05) is 24.3 Å². The van der Waals surface area contributed by atoms with Crippen molar-refractivity contribution in [1.82, 2.24) is 0 Å². The standard InChI is InChI=1S/C15H15F2NO/c16-13-4-1-5-14(15(13)17)19-10-2-3-11-6-8-12(18)9-7-11/h1,4-9H,2-3,10,18H2. The van der Waals surface area contributed by atoms with E-state index < -0.39 is 11.6 Å². The topological polar surface area (TPSA) is 35.2 Å². The molecule has 0 spiro atoms. The van der Waals surface area contributed by atoms with Crippen LogP contribution in [0.3, 0.4) is 0 Å². The van der Waals surface area contributed by atoms with Crippen LogP contribution < -0.4 is 10.5 Å². The Morgan fingerprint density at radius 2 is 1.74 bits per heavy atom. The SMILES string of the molecule is Nc1ccc(CCCOc2cccc(F)c2F)cc1. The minimum Gasteiger partial charge on any atom is -0.490 e. The Bertz CT molecular complexity index is 540. The molecule has 0 radical (unpaired) electrons. The van der Waals surface area contributed by atoms with Crippen molar-refractivity contribution in [3.05, 3.63) is 59.7 Å². The quantitative estimate of drug-likeness (QED) is 0.661. The molecule has 2 N–H and O–H groups in total. The fraction of sp³-hybridized carbons (Fsp3) is 0.200. The van der Waals surface area contributed by atoms with E-state index in [1.54, 1.807) is 0 Å². The summed E-state index contributed by atoms with van der Waals surface area (Å²) in [4.78, 5) is 0. The molecule has 4 heteroatoms. The van der Waals surface area contributed by atoms with Gasteiger partial charge in [-0.2, -0.15) is 4.39 Å². The van der Waals surface area contributed by atoms with Crippen LogP contribution in [0.15, 0.2) is 42.5 Å². The fourth-order valence-electron chi connectivity index (χ4n) is 1.74. The predicted molar refractivity (Wildman–Crippen MR) is 71.0 cm³/mol. The van der Waals surface area contributed by atoms with E-state index >= 15 is 0 Å². The molecular weight excluding hydrogens is 248 g/mol. The van der Waals surface area contributed by atoms with Crippen molar-refractivity contribution in [2.75, 3.05) is 12.3 Å². The van der Waals surface area contributed by atoms with Crippen LogP contribution in [-0.2, 0) is 6.42 Å². The smallest absolute Gasteiger partial charge is 0.200 e. The third kappa shape index (κ3) is 3.68. The molecule has 2 nitrogen and oxygen atoms in total. The van der Waals surface area contributed by atoms with Crippen LogP contribution in [0.25, 0.3) is 0 Å². The second-order valence-electron chi connectivity index (χ2n) is 4.25. The minimum atomic E-state index is -0.935. The Morgan fingerprint density at radius 1 is 1.00 bits per heavy atom. The highest BCUT2D eigenvalue weighted by Crippen LogP contribution is 2.19. The Balaban J connectivity index is 1.81. The molecule has 2 aromatic carbocycles. The Kier molecular flexibility index (Phi) is 4.34. The summed E-state index contributed by atoms with van der Waals surface area (Å²) in [5, 5.41) is 0. The molecule has 19 heavy (non-hydrogen) atoms. The summed E-state index contributed by atoms with van der Waals surface area (Å²) in [6.07, 6.45) is 1.52. The van der Waals surface area contributed by atoms with Gasteiger partial charge in [0.05, 0.1) is 6.61 Å². The highest BCUT2D eigenvalue weighted by molar-refractivity contribution is 5.39. The lowest BCUT2D eigenvalue weighted by atomic mass is 10.1. The van der Waals surface area contributed by atoms with Crippen molar-refractivity contribution in [2.45, 2.75) is 12.8 Å². The van der Waals surface area contributed by atoms with Crippen LogP contribution in [-0.4, -0.2) is 6.61 Å². The second kappa shape index (κ2) is 6.18. The first-order valence-corrected chi connectivity index (χ1v) is 6.08. The molecule has 0 saturated heterocycles. The van der Waals surface area contributed by atoms with Crippen molar-refractivity contribution < 1.29 is 13.5 Å². The van der Waals surface area contributed by atoms with Gasteiger partial charge in [0.2, 0.25) is 5.82 Å². The van der Waals surface area contributed by atoms with Gasteiger partial charge in [0.15, 0.2) is 11.6 Å². The molecule has 0 aliphatic rings. The summed E-state index contributed by atoms with van der Waals surface area (Å²) in [6.45, 7) is 0.338. The minimum absolute atomic E-state index is 0.0442. The summed E-state index contributed by atoms with van der Waals surface area (Å²) in [6, 6.07) is 11.5. The molecule has 2 aromatic rings. The number of rotatable bonds is 5. The van der Waals surface area contributed by atoms with Gasteiger partial charge in [-0.05, 0) is 42.7 Å². The van der Waals surface area contributed by atoms with Gasteiger partial charge in [-0.25, -0.2) is 4.39 Å². The summed E-state index contributed by atoms with van der Waals surface area (Å²) >= 11 is 0. The number of anilines is 1. The molecule has 0 bridgehead atoms. The molecule has 0 saturated carbocycles. The lowest BCUT2D eigenvalue weighted by Gasteiger charge is -2.07. The molecule has 0 aliphatic carbocycles. The van der Waals surface area contributed by atoms with Gasteiger partial charge >= 0.3 is 0 Å². The van der Waals surface area contributed by atoms with Crippen LogP contribution in [0.4, 0.5) is 14.5 Å². The van der Waals surface area contributed by atoms with E-state index in [0.29, 0.717) is 6.61 Å². The van der Waals surface area contributed by atoms with Crippen LogP contribution in [0.5, 0.6) is 5.75 Å². The molecule has 0 heterocycles. The van der Waals surface area contributed by atoms with Crippen LogP contribution in [0.2, 0.25) is 0 Å². The first-order valence-electron chi connectivity index (χ1n) is 6.08. The normalized spacial score (nSPS) is 10.4. The van der Waals surface area contributed by atoms with E-state index in [4.69, 9.17) is 10.5 Å². The molecule has 2 rings (SSSR count). The molecule has 100 valence electrons. The van der Waals surface area contributed by atoms with Gasteiger partial charge in [-0.15, -0.1) is 0 Å². The zero-order valence-electron chi connectivity index (χ0n) is 10.4. The van der Waals surface area contributed by atoms with Gasteiger partial charge in [-0.1, -0.05) is 18.2 Å². The predicted octanol–water partition coefficient (Wildman–Crippen LogP) is 3.56. The molecule has 0 aliphatic heterocycles. The number of halogens is 2. The third-order valence-electron chi connectivity index (χ3n) is 2.76. The average molecular weight is 263 g/mol. The molecule has 0 fully saturated rings. The number of nitrogen functional groups attached to an aromatic ring is 1. The van der Waals surface area contributed by atoms with Crippen LogP contribution in [0, 0.1) is 11.6 Å². The number of hydrogen-bond donors (Lipinski definition) is 1. The summed E-state index contributed by atoms with van der Waals surface area (Å²) in [5.41, 5.74) is 7.45. The summed E-state index contributed by atoms with van der Waals surface area (Å²) < 4.78 is 31.4. The van der Waals surface area contributed by atoms with Gasteiger partial charge < -0.3 is 10.5 Å². The first-order chi connectivity index (χ1) is 9.16. The van der Waals surface area contributed by atoms with Crippen molar-refractivity contribution in [3.8, 4) is 5.75 Å². The van der Waals surface area contributed by atoms with Crippen molar-refractivity contribution >= 4 is 5.69 Å². The number of benzene rings is 2. The van der Waals surface area contributed by atoms with E-state index in [1.165, 1.54) is 12.1 Å². The van der Waals surface area contributed by atoms with Gasteiger partial charge in [0, 0.05) is 5.69 Å². The van der Waals surface area contributed by atoms with Crippen LogP contribution in [0.1, 0.15) is 12.0 Å². The fourth-order valence-corrected chi connectivity index (χ4v) is 1.74. The lowest BCUT2D eigenvalue weighted by molar-refractivity contribution is 0.290. The monoisotopic (exact) mass is 263 g/mol. The summed E-state index contributed by atoms with van der Waals surface area (Å²) in [7, 11) is 0. The third-order valence-corrected chi connectivity index (χ3v) is 2.76.